The molecule has 8 heteroatoms. The number of carbonyl (C=O) groups is 2. The molecule has 2 aliphatic rings. The van der Waals surface area contributed by atoms with Crippen LogP contribution in [-0.2, 0) is 11.3 Å². The van der Waals surface area contributed by atoms with E-state index < -0.39 is 28.5 Å². The molecule has 0 atom stereocenters. The summed E-state index contributed by atoms with van der Waals surface area (Å²) < 4.78 is 38.4. The Hall–Kier alpha value is -3.16. The number of piperidine rings is 1. The number of carbonyl (C=O) groups excluding carboxylic acids is 2. The van der Waals surface area contributed by atoms with Crippen LogP contribution in [0.25, 0.3) is 0 Å². The third kappa shape index (κ3) is 3.81. The number of hydrogen-bond acceptors (Lipinski definition) is 4. The van der Waals surface area contributed by atoms with Gasteiger partial charge in [-0.2, -0.15) is 0 Å². The first-order valence-electron chi connectivity index (χ1n) is 9.77. The molecule has 0 bridgehead atoms. The fourth-order valence-corrected chi connectivity index (χ4v) is 3.74. The SMILES string of the molecule is CC1(C(=O)NCc2ccc3c(c2)OCO3)CCN(C(=O)c2c(F)cccc2F)CC1. The van der Waals surface area contributed by atoms with Crippen molar-refractivity contribution in [2.75, 3.05) is 19.9 Å². The van der Waals surface area contributed by atoms with E-state index in [1.165, 1.54) is 11.0 Å². The van der Waals surface area contributed by atoms with Crippen molar-refractivity contribution in [3.8, 4) is 11.5 Å². The molecule has 158 valence electrons. The van der Waals surface area contributed by atoms with Gasteiger partial charge in [-0.25, -0.2) is 8.78 Å². The number of halogens is 2. The molecule has 2 aromatic rings. The van der Waals surface area contributed by atoms with Crippen molar-refractivity contribution in [3.05, 3.63) is 59.2 Å². The molecule has 0 saturated carbocycles. The molecule has 1 N–H and O–H groups in total. The minimum absolute atomic E-state index is 0.121. The van der Waals surface area contributed by atoms with E-state index >= 15 is 0 Å². The van der Waals surface area contributed by atoms with Crippen LogP contribution in [0.15, 0.2) is 36.4 Å². The van der Waals surface area contributed by atoms with Gasteiger partial charge in [0.2, 0.25) is 12.7 Å². The van der Waals surface area contributed by atoms with Gasteiger partial charge in [-0.15, -0.1) is 0 Å². The van der Waals surface area contributed by atoms with E-state index in [4.69, 9.17) is 9.47 Å². The normalized spacial score (nSPS) is 17.0. The zero-order chi connectivity index (χ0) is 21.3. The third-order valence-corrected chi connectivity index (χ3v) is 5.77. The Morgan fingerprint density at radius 3 is 2.43 bits per heavy atom. The van der Waals surface area contributed by atoms with Gasteiger partial charge in [-0.1, -0.05) is 19.1 Å². The standard InChI is InChI=1S/C22H22F2N2O4/c1-22(21(28)25-12-14-5-6-17-18(11-14)30-13-29-17)7-9-26(10-8-22)20(27)19-15(23)3-2-4-16(19)24/h2-6,11H,7-10,12-13H2,1H3,(H,25,28). The minimum Gasteiger partial charge on any atom is -0.454 e. The Morgan fingerprint density at radius 1 is 1.07 bits per heavy atom. The van der Waals surface area contributed by atoms with Crippen LogP contribution in [0.5, 0.6) is 11.5 Å². The minimum atomic E-state index is -0.880. The highest BCUT2D eigenvalue weighted by atomic mass is 19.1. The number of amides is 2. The maximum atomic E-state index is 13.9. The Bertz CT molecular complexity index is 967. The Kier molecular flexibility index (Phi) is 5.32. The quantitative estimate of drug-likeness (QED) is 0.831. The van der Waals surface area contributed by atoms with Crippen LogP contribution in [0.3, 0.4) is 0 Å². The summed E-state index contributed by atoms with van der Waals surface area (Å²) in [5.74, 6) is -1.23. The fourth-order valence-electron chi connectivity index (χ4n) is 3.74. The largest absolute Gasteiger partial charge is 0.454 e. The lowest BCUT2D eigenvalue weighted by molar-refractivity contribution is -0.132. The molecule has 0 aliphatic carbocycles. The van der Waals surface area contributed by atoms with Gasteiger partial charge in [0.05, 0.1) is 0 Å². The van der Waals surface area contributed by atoms with Gasteiger partial charge in [0.25, 0.3) is 5.91 Å². The first-order chi connectivity index (χ1) is 14.4. The second-order valence-electron chi connectivity index (χ2n) is 7.82. The third-order valence-electron chi connectivity index (χ3n) is 5.77. The zero-order valence-corrected chi connectivity index (χ0v) is 16.5. The summed E-state index contributed by atoms with van der Waals surface area (Å²) in [6, 6.07) is 8.84. The lowest BCUT2D eigenvalue weighted by atomic mass is 9.79. The first kappa shape index (κ1) is 20.1. The van der Waals surface area contributed by atoms with Crippen molar-refractivity contribution >= 4 is 11.8 Å². The summed E-state index contributed by atoms with van der Waals surface area (Å²) in [5, 5.41) is 2.94. The average Bonchev–Trinajstić information content (AvgIpc) is 3.20. The Morgan fingerprint density at radius 2 is 1.73 bits per heavy atom. The molecule has 6 nitrogen and oxygen atoms in total. The highest BCUT2D eigenvalue weighted by molar-refractivity contribution is 5.95. The van der Waals surface area contributed by atoms with E-state index in [0.717, 1.165) is 17.7 Å². The molecule has 2 aromatic carbocycles. The van der Waals surface area contributed by atoms with Gasteiger partial charge in [-0.3, -0.25) is 9.59 Å². The molecule has 2 heterocycles. The smallest absolute Gasteiger partial charge is 0.259 e. The van der Waals surface area contributed by atoms with Crippen molar-refractivity contribution < 1.29 is 27.8 Å². The second-order valence-corrected chi connectivity index (χ2v) is 7.82. The van der Waals surface area contributed by atoms with Gasteiger partial charge in [-0.05, 0) is 42.7 Å². The van der Waals surface area contributed by atoms with Crippen LogP contribution in [0.4, 0.5) is 8.78 Å². The summed E-state index contributed by atoms with van der Waals surface area (Å²) in [4.78, 5) is 26.7. The molecular weight excluding hydrogens is 394 g/mol. The van der Waals surface area contributed by atoms with Gasteiger partial charge >= 0.3 is 0 Å². The fraction of sp³-hybridized carbons (Fsp3) is 0.364. The molecule has 0 aromatic heterocycles. The molecule has 2 aliphatic heterocycles. The highest BCUT2D eigenvalue weighted by Crippen LogP contribution is 2.34. The summed E-state index contributed by atoms with van der Waals surface area (Å²) in [6.07, 6.45) is 0.809. The van der Waals surface area contributed by atoms with E-state index in [2.05, 4.69) is 5.32 Å². The van der Waals surface area contributed by atoms with Gasteiger partial charge in [0.1, 0.15) is 17.2 Å². The van der Waals surface area contributed by atoms with Gasteiger partial charge in [0.15, 0.2) is 11.5 Å². The summed E-state index contributed by atoms with van der Waals surface area (Å²) in [6.45, 7) is 2.87. The number of ether oxygens (including phenoxy) is 2. The molecular formula is C22H22F2N2O4. The molecule has 0 unspecified atom stereocenters. The monoisotopic (exact) mass is 416 g/mol. The van der Waals surface area contributed by atoms with E-state index in [9.17, 15) is 18.4 Å². The number of nitrogens with zero attached hydrogens (tertiary/aromatic N) is 1. The predicted octanol–water partition coefficient (Wildman–Crippen LogP) is 3.25. The van der Waals surface area contributed by atoms with Crippen molar-refractivity contribution in [2.24, 2.45) is 5.41 Å². The van der Waals surface area contributed by atoms with Gasteiger partial charge in [0, 0.05) is 25.0 Å². The lowest BCUT2D eigenvalue weighted by Gasteiger charge is -2.38. The number of hydrogen-bond donors (Lipinski definition) is 1. The number of rotatable bonds is 4. The molecule has 0 radical (unpaired) electrons. The number of fused-ring (bicyclic) bond motifs is 1. The van der Waals surface area contributed by atoms with Crippen LogP contribution in [-0.4, -0.2) is 36.6 Å². The van der Waals surface area contributed by atoms with E-state index in [0.29, 0.717) is 30.9 Å². The predicted molar refractivity (Wildman–Crippen MR) is 104 cm³/mol. The van der Waals surface area contributed by atoms with Crippen LogP contribution >= 0.6 is 0 Å². The van der Waals surface area contributed by atoms with Crippen LogP contribution in [0, 0.1) is 17.0 Å². The van der Waals surface area contributed by atoms with Crippen molar-refractivity contribution in [1.29, 1.82) is 0 Å². The van der Waals surface area contributed by atoms with Crippen LogP contribution in [0.2, 0.25) is 0 Å². The molecule has 4 rings (SSSR count). The van der Waals surface area contributed by atoms with Crippen molar-refractivity contribution in [3.63, 3.8) is 0 Å². The number of likely N-dealkylation sites (tertiary alicyclic amines) is 1. The zero-order valence-electron chi connectivity index (χ0n) is 16.5. The molecule has 1 saturated heterocycles. The maximum absolute atomic E-state index is 13.9. The number of benzene rings is 2. The summed E-state index contributed by atoms with van der Waals surface area (Å²) >= 11 is 0. The Balaban J connectivity index is 1.35. The molecule has 1 fully saturated rings. The van der Waals surface area contributed by atoms with Crippen LogP contribution < -0.4 is 14.8 Å². The van der Waals surface area contributed by atoms with Crippen molar-refractivity contribution in [1.82, 2.24) is 10.2 Å². The number of nitrogens with one attached hydrogen (secondary N) is 1. The first-order valence-corrected chi connectivity index (χ1v) is 9.77. The van der Waals surface area contributed by atoms with E-state index in [1.54, 1.807) is 6.07 Å². The summed E-state index contributed by atoms with van der Waals surface area (Å²) in [5.41, 5.74) is -0.326. The van der Waals surface area contributed by atoms with Crippen molar-refractivity contribution in [2.45, 2.75) is 26.3 Å². The lowest BCUT2D eigenvalue weighted by Crippen LogP contribution is -2.48. The molecule has 0 spiro atoms. The Labute approximate surface area is 172 Å². The maximum Gasteiger partial charge on any atom is 0.259 e. The van der Waals surface area contributed by atoms with E-state index in [-0.39, 0.29) is 25.8 Å². The molecule has 2 amide bonds. The average molecular weight is 416 g/mol. The van der Waals surface area contributed by atoms with E-state index in [1.807, 2.05) is 19.1 Å². The molecule has 30 heavy (non-hydrogen) atoms. The second kappa shape index (κ2) is 7.93. The van der Waals surface area contributed by atoms with Crippen LogP contribution in [0.1, 0.15) is 35.7 Å². The van der Waals surface area contributed by atoms with Gasteiger partial charge < -0.3 is 19.7 Å². The highest BCUT2D eigenvalue weighted by Gasteiger charge is 2.38. The summed E-state index contributed by atoms with van der Waals surface area (Å²) in [7, 11) is 0. The topological polar surface area (TPSA) is 67.9 Å².